The molecule has 0 saturated carbocycles. The molecule has 7 heteroatoms. The fourth-order valence-corrected chi connectivity index (χ4v) is 2.10. The number of nitrogens with zero attached hydrogens (tertiary/aromatic N) is 1. The SMILES string of the molecule is COC(=O)c1cc(Br)c2cc(C(F)(F)F)ccc2n1. The van der Waals surface area contributed by atoms with Gasteiger partial charge in [-0.3, -0.25) is 0 Å². The Balaban J connectivity index is 2.63. The minimum absolute atomic E-state index is 0.0293. The molecule has 0 amide bonds. The number of halogens is 4. The zero-order valence-electron chi connectivity index (χ0n) is 9.58. The van der Waals surface area contributed by atoms with Crippen LogP contribution < -0.4 is 0 Å². The summed E-state index contributed by atoms with van der Waals surface area (Å²) in [5, 5.41) is 0.280. The van der Waals surface area contributed by atoms with Crippen LogP contribution in [0.5, 0.6) is 0 Å². The van der Waals surface area contributed by atoms with Crippen LogP contribution in [-0.4, -0.2) is 18.1 Å². The van der Waals surface area contributed by atoms with Crippen LogP contribution in [0.4, 0.5) is 13.2 Å². The van der Waals surface area contributed by atoms with Crippen LogP contribution in [0.3, 0.4) is 0 Å². The van der Waals surface area contributed by atoms with E-state index in [-0.39, 0.29) is 16.6 Å². The Morgan fingerprint density at radius 3 is 2.58 bits per heavy atom. The summed E-state index contributed by atoms with van der Waals surface area (Å²) in [6.07, 6.45) is -4.42. The Kier molecular flexibility index (Phi) is 3.49. The maximum Gasteiger partial charge on any atom is 0.416 e. The van der Waals surface area contributed by atoms with Crippen LogP contribution in [0.25, 0.3) is 10.9 Å². The smallest absolute Gasteiger partial charge is 0.416 e. The molecule has 1 aromatic heterocycles. The predicted octanol–water partition coefficient (Wildman–Crippen LogP) is 3.80. The number of hydrogen-bond donors (Lipinski definition) is 0. The quantitative estimate of drug-likeness (QED) is 0.745. The number of esters is 1. The molecule has 0 bridgehead atoms. The fraction of sp³-hybridized carbons (Fsp3) is 0.167. The van der Waals surface area contributed by atoms with E-state index in [1.165, 1.54) is 19.2 Å². The Bertz CT molecular complexity index is 655. The molecule has 0 N–H and O–H groups in total. The van der Waals surface area contributed by atoms with Crippen molar-refractivity contribution in [2.24, 2.45) is 0 Å². The van der Waals surface area contributed by atoms with E-state index in [0.717, 1.165) is 12.1 Å². The van der Waals surface area contributed by atoms with Gasteiger partial charge in [0.1, 0.15) is 5.69 Å². The highest BCUT2D eigenvalue weighted by Crippen LogP contribution is 2.33. The number of methoxy groups -OCH3 is 1. The molecule has 1 heterocycles. The highest BCUT2D eigenvalue weighted by atomic mass is 79.9. The van der Waals surface area contributed by atoms with Crippen molar-refractivity contribution < 1.29 is 22.7 Å². The van der Waals surface area contributed by atoms with Crippen molar-refractivity contribution in [2.45, 2.75) is 6.18 Å². The number of fused-ring (bicyclic) bond motifs is 1. The molecule has 0 radical (unpaired) electrons. The van der Waals surface area contributed by atoms with Crippen LogP contribution in [-0.2, 0) is 10.9 Å². The second kappa shape index (κ2) is 4.80. The van der Waals surface area contributed by atoms with E-state index in [0.29, 0.717) is 4.47 Å². The first-order valence-electron chi connectivity index (χ1n) is 5.09. The van der Waals surface area contributed by atoms with Crippen LogP contribution in [0, 0.1) is 0 Å². The molecule has 0 aliphatic carbocycles. The van der Waals surface area contributed by atoms with Gasteiger partial charge in [0.2, 0.25) is 0 Å². The van der Waals surface area contributed by atoms with E-state index in [1.54, 1.807) is 0 Å². The normalized spacial score (nSPS) is 11.6. The van der Waals surface area contributed by atoms with Gasteiger partial charge in [-0.1, -0.05) is 15.9 Å². The van der Waals surface area contributed by atoms with Gasteiger partial charge in [0.15, 0.2) is 0 Å². The average Bonchev–Trinajstić information content (AvgIpc) is 2.36. The third-order valence-electron chi connectivity index (χ3n) is 2.48. The predicted molar refractivity (Wildman–Crippen MR) is 65.8 cm³/mol. The summed E-state index contributed by atoms with van der Waals surface area (Å²) in [4.78, 5) is 15.3. The summed E-state index contributed by atoms with van der Waals surface area (Å²) in [7, 11) is 1.20. The average molecular weight is 334 g/mol. The van der Waals surface area contributed by atoms with Gasteiger partial charge in [-0.25, -0.2) is 9.78 Å². The lowest BCUT2D eigenvalue weighted by Gasteiger charge is -2.09. The molecule has 100 valence electrons. The minimum Gasteiger partial charge on any atom is -0.464 e. The highest BCUT2D eigenvalue weighted by Gasteiger charge is 2.30. The van der Waals surface area contributed by atoms with Gasteiger partial charge in [-0.15, -0.1) is 0 Å². The topological polar surface area (TPSA) is 39.2 Å². The fourth-order valence-electron chi connectivity index (χ4n) is 1.57. The van der Waals surface area contributed by atoms with E-state index in [4.69, 9.17) is 0 Å². The summed E-state index contributed by atoms with van der Waals surface area (Å²) < 4.78 is 42.7. The molecule has 0 atom stereocenters. The van der Waals surface area contributed by atoms with Gasteiger partial charge in [0.05, 0.1) is 18.2 Å². The lowest BCUT2D eigenvalue weighted by molar-refractivity contribution is -0.137. The second-order valence-electron chi connectivity index (χ2n) is 3.71. The van der Waals surface area contributed by atoms with Crippen molar-refractivity contribution in [3.63, 3.8) is 0 Å². The summed E-state index contributed by atoms with van der Waals surface area (Å²) in [5.41, 5.74) is -0.460. The van der Waals surface area contributed by atoms with E-state index in [2.05, 4.69) is 25.7 Å². The van der Waals surface area contributed by atoms with Crippen LogP contribution >= 0.6 is 15.9 Å². The van der Waals surface area contributed by atoms with Gasteiger partial charge in [0, 0.05) is 9.86 Å². The largest absolute Gasteiger partial charge is 0.464 e. The summed E-state index contributed by atoms with van der Waals surface area (Å²) in [5.74, 6) is -0.650. The summed E-state index contributed by atoms with van der Waals surface area (Å²) >= 11 is 3.13. The standard InChI is InChI=1S/C12H7BrF3NO2/c1-19-11(18)10-5-8(13)7-4-6(12(14,15)16)2-3-9(7)17-10/h2-5H,1H3. The van der Waals surface area contributed by atoms with Gasteiger partial charge in [-0.2, -0.15) is 13.2 Å². The van der Waals surface area contributed by atoms with Crippen molar-refractivity contribution in [3.8, 4) is 0 Å². The second-order valence-corrected chi connectivity index (χ2v) is 4.56. The van der Waals surface area contributed by atoms with E-state index >= 15 is 0 Å². The molecule has 0 fully saturated rings. The summed E-state index contributed by atoms with van der Waals surface area (Å²) in [6, 6.07) is 4.44. The van der Waals surface area contributed by atoms with Crippen LogP contribution in [0.15, 0.2) is 28.7 Å². The molecule has 1 aromatic carbocycles. The molecule has 3 nitrogen and oxygen atoms in total. The van der Waals surface area contributed by atoms with Crippen molar-refractivity contribution in [3.05, 3.63) is 40.0 Å². The number of carbonyl (C=O) groups excluding carboxylic acids is 1. The van der Waals surface area contributed by atoms with E-state index in [9.17, 15) is 18.0 Å². The molecule has 0 unspecified atom stereocenters. The van der Waals surface area contributed by atoms with Crippen molar-refractivity contribution in [1.29, 1.82) is 0 Å². The molecule has 0 aliphatic rings. The molecular weight excluding hydrogens is 327 g/mol. The molecular formula is C12H7BrF3NO2. The number of hydrogen-bond acceptors (Lipinski definition) is 3. The van der Waals surface area contributed by atoms with Gasteiger partial charge < -0.3 is 4.74 Å². The Morgan fingerprint density at radius 2 is 2.00 bits per heavy atom. The number of ether oxygens (including phenoxy) is 1. The Morgan fingerprint density at radius 1 is 1.32 bits per heavy atom. The highest BCUT2D eigenvalue weighted by molar-refractivity contribution is 9.10. The number of aromatic nitrogens is 1. The molecule has 19 heavy (non-hydrogen) atoms. The lowest BCUT2D eigenvalue weighted by Crippen LogP contribution is -2.06. The first-order chi connectivity index (χ1) is 8.82. The number of pyridine rings is 1. The number of rotatable bonds is 1. The first kappa shape index (κ1) is 13.8. The molecule has 0 spiro atoms. The minimum atomic E-state index is -4.42. The lowest BCUT2D eigenvalue weighted by atomic mass is 10.1. The van der Waals surface area contributed by atoms with Crippen LogP contribution in [0.1, 0.15) is 16.1 Å². The van der Waals surface area contributed by atoms with Gasteiger partial charge in [-0.05, 0) is 24.3 Å². The third kappa shape index (κ3) is 2.70. The molecule has 0 saturated heterocycles. The van der Waals surface area contributed by atoms with Crippen molar-refractivity contribution >= 4 is 32.8 Å². The van der Waals surface area contributed by atoms with Gasteiger partial charge in [0.25, 0.3) is 0 Å². The third-order valence-corrected chi connectivity index (χ3v) is 3.14. The van der Waals surface area contributed by atoms with E-state index < -0.39 is 17.7 Å². The zero-order chi connectivity index (χ0) is 14.2. The molecule has 2 rings (SSSR count). The molecule has 0 aliphatic heterocycles. The number of carbonyl (C=O) groups is 1. The summed E-state index contributed by atoms with van der Waals surface area (Å²) in [6.45, 7) is 0. The maximum atomic E-state index is 12.6. The first-order valence-corrected chi connectivity index (χ1v) is 5.88. The van der Waals surface area contributed by atoms with Crippen LogP contribution in [0.2, 0.25) is 0 Å². The Hall–Kier alpha value is -1.63. The van der Waals surface area contributed by atoms with Crippen molar-refractivity contribution in [2.75, 3.05) is 7.11 Å². The zero-order valence-corrected chi connectivity index (χ0v) is 11.2. The van der Waals surface area contributed by atoms with Crippen molar-refractivity contribution in [1.82, 2.24) is 4.98 Å². The maximum absolute atomic E-state index is 12.6. The number of alkyl halides is 3. The van der Waals surface area contributed by atoms with Gasteiger partial charge >= 0.3 is 12.1 Å². The Labute approximate surface area is 114 Å². The van der Waals surface area contributed by atoms with E-state index in [1.807, 2.05) is 0 Å². The number of benzene rings is 1. The monoisotopic (exact) mass is 333 g/mol. The molecule has 2 aromatic rings.